The molecule has 96 valence electrons. The topological polar surface area (TPSA) is 37.8 Å². The van der Waals surface area contributed by atoms with Gasteiger partial charge in [-0.1, -0.05) is 26.8 Å². The van der Waals surface area contributed by atoms with Crippen molar-refractivity contribution < 1.29 is 0 Å². The van der Waals surface area contributed by atoms with Crippen molar-refractivity contribution in [3.8, 4) is 10.7 Å². The van der Waals surface area contributed by atoms with Crippen molar-refractivity contribution in [3.63, 3.8) is 0 Å². The smallest absolute Gasteiger partial charge is 0.142 e. The SMILES string of the molecule is CNCc1sc(-c2ccccn2)nc1C(C)(C)C. The zero-order chi connectivity index (χ0) is 13.2. The Morgan fingerprint density at radius 2 is 2.06 bits per heavy atom. The van der Waals surface area contributed by atoms with Crippen LogP contribution < -0.4 is 5.32 Å². The summed E-state index contributed by atoms with van der Waals surface area (Å²) in [5.74, 6) is 0. The van der Waals surface area contributed by atoms with Gasteiger partial charge in [0.1, 0.15) is 5.01 Å². The molecule has 0 aliphatic rings. The molecular weight excluding hydrogens is 242 g/mol. The first-order valence-corrected chi connectivity index (χ1v) is 6.90. The summed E-state index contributed by atoms with van der Waals surface area (Å²) in [6.45, 7) is 7.45. The van der Waals surface area contributed by atoms with Gasteiger partial charge in [0.15, 0.2) is 0 Å². The second kappa shape index (κ2) is 5.16. The second-order valence-corrected chi connectivity index (χ2v) is 6.37. The van der Waals surface area contributed by atoms with Gasteiger partial charge in [-0.3, -0.25) is 4.98 Å². The predicted molar refractivity (Wildman–Crippen MR) is 76.8 cm³/mol. The van der Waals surface area contributed by atoms with Gasteiger partial charge in [0.2, 0.25) is 0 Å². The molecule has 0 fully saturated rings. The standard InChI is InChI=1S/C14H19N3S/c1-14(2,3)12-11(9-15-4)18-13(17-12)10-7-5-6-8-16-10/h5-8,15H,9H2,1-4H3. The molecule has 2 aromatic rings. The van der Waals surface area contributed by atoms with Crippen LogP contribution in [0.3, 0.4) is 0 Å². The van der Waals surface area contributed by atoms with E-state index in [-0.39, 0.29) is 5.41 Å². The number of thiazole rings is 1. The molecule has 18 heavy (non-hydrogen) atoms. The Hall–Kier alpha value is -1.26. The fourth-order valence-corrected chi connectivity index (χ4v) is 3.08. The highest BCUT2D eigenvalue weighted by atomic mass is 32.1. The summed E-state index contributed by atoms with van der Waals surface area (Å²) in [5, 5.41) is 4.22. The number of rotatable bonds is 3. The fourth-order valence-electron chi connectivity index (χ4n) is 1.82. The molecule has 0 aliphatic heterocycles. The molecule has 2 aromatic heterocycles. The molecule has 0 aliphatic carbocycles. The molecule has 0 radical (unpaired) electrons. The van der Waals surface area contributed by atoms with Gasteiger partial charge in [0, 0.05) is 23.0 Å². The van der Waals surface area contributed by atoms with Crippen LogP contribution in [0.5, 0.6) is 0 Å². The van der Waals surface area contributed by atoms with E-state index >= 15 is 0 Å². The van der Waals surface area contributed by atoms with Crippen LogP contribution in [0.15, 0.2) is 24.4 Å². The molecule has 0 atom stereocenters. The lowest BCUT2D eigenvalue weighted by Gasteiger charge is -2.17. The van der Waals surface area contributed by atoms with Crippen molar-refractivity contribution in [2.45, 2.75) is 32.7 Å². The fraction of sp³-hybridized carbons (Fsp3) is 0.429. The summed E-state index contributed by atoms with van der Waals surface area (Å²) in [4.78, 5) is 10.5. The van der Waals surface area contributed by atoms with Gasteiger partial charge in [-0.2, -0.15) is 0 Å². The van der Waals surface area contributed by atoms with E-state index in [0.29, 0.717) is 0 Å². The van der Waals surface area contributed by atoms with Gasteiger partial charge < -0.3 is 5.32 Å². The van der Waals surface area contributed by atoms with Crippen molar-refractivity contribution in [3.05, 3.63) is 35.0 Å². The number of hydrogen-bond donors (Lipinski definition) is 1. The Kier molecular flexibility index (Phi) is 3.78. The number of nitrogens with zero attached hydrogens (tertiary/aromatic N) is 2. The van der Waals surface area contributed by atoms with Crippen LogP contribution in [0.25, 0.3) is 10.7 Å². The number of pyridine rings is 1. The first-order valence-electron chi connectivity index (χ1n) is 6.08. The highest BCUT2D eigenvalue weighted by Gasteiger charge is 2.23. The van der Waals surface area contributed by atoms with E-state index in [9.17, 15) is 0 Å². The van der Waals surface area contributed by atoms with E-state index in [1.807, 2.05) is 31.4 Å². The van der Waals surface area contributed by atoms with Crippen LogP contribution in [0.2, 0.25) is 0 Å². The molecular formula is C14H19N3S. The van der Waals surface area contributed by atoms with E-state index in [0.717, 1.165) is 17.2 Å². The number of nitrogens with one attached hydrogen (secondary N) is 1. The Morgan fingerprint density at radius 1 is 1.28 bits per heavy atom. The molecule has 4 heteroatoms. The normalized spacial score (nSPS) is 11.8. The quantitative estimate of drug-likeness (QED) is 0.922. The van der Waals surface area contributed by atoms with Gasteiger partial charge in [0.25, 0.3) is 0 Å². The molecule has 0 saturated heterocycles. The lowest BCUT2D eigenvalue weighted by molar-refractivity contribution is 0.563. The maximum absolute atomic E-state index is 4.79. The molecule has 0 unspecified atom stereocenters. The van der Waals surface area contributed by atoms with Crippen LogP contribution in [0.1, 0.15) is 31.3 Å². The van der Waals surface area contributed by atoms with Gasteiger partial charge in [0.05, 0.1) is 11.4 Å². The van der Waals surface area contributed by atoms with Gasteiger partial charge in [-0.15, -0.1) is 11.3 Å². The molecule has 2 rings (SSSR count). The lowest BCUT2D eigenvalue weighted by Crippen LogP contribution is -2.16. The molecule has 0 amide bonds. The van der Waals surface area contributed by atoms with Crippen LogP contribution in [-0.2, 0) is 12.0 Å². The Labute approximate surface area is 112 Å². The summed E-state index contributed by atoms with van der Waals surface area (Å²) in [5.41, 5.74) is 2.19. The first kappa shape index (κ1) is 13.2. The average molecular weight is 261 g/mol. The molecule has 0 bridgehead atoms. The van der Waals surface area contributed by atoms with E-state index in [2.05, 4.69) is 31.1 Å². The van der Waals surface area contributed by atoms with E-state index < -0.39 is 0 Å². The molecule has 2 heterocycles. The van der Waals surface area contributed by atoms with Gasteiger partial charge in [-0.05, 0) is 19.2 Å². The predicted octanol–water partition coefficient (Wildman–Crippen LogP) is 3.22. The number of aromatic nitrogens is 2. The monoisotopic (exact) mass is 261 g/mol. The molecule has 0 aromatic carbocycles. The van der Waals surface area contributed by atoms with Crippen molar-refractivity contribution in [1.29, 1.82) is 0 Å². The van der Waals surface area contributed by atoms with E-state index in [1.54, 1.807) is 11.3 Å². The van der Waals surface area contributed by atoms with E-state index in [1.165, 1.54) is 10.6 Å². The van der Waals surface area contributed by atoms with Crippen LogP contribution in [-0.4, -0.2) is 17.0 Å². The number of hydrogen-bond acceptors (Lipinski definition) is 4. The van der Waals surface area contributed by atoms with Gasteiger partial charge >= 0.3 is 0 Å². The Morgan fingerprint density at radius 3 is 2.61 bits per heavy atom. The van der Waals surface area contributed by atoms with Crippen LogP contribution in [0, 0.1) is 0 Å². The lowest BCUT2D eigenvalue weighted by atomic mass is 9.91. The second-order valence-electron chi connectivity index (χ2n) is 5.29. The minimum atomic E-state index is 0.0652. The third kappa shape index (κ3) is 2.76. The third-order valence-electron chi connectivity index (χ3n) is 2.63. The minimum absolute atomic E-state index is 0.0652. The Balaban J connectivity index is 2.46. The largest absolute Gasteiger partial charge is 0.315 e. The van der Waals surface area contributed by atoms with Gasteiger partial charge in [-0.25, -0.2) is 4.98 Å². The third-order valence-corrected chi connectivity index (χ3v) is 3.71. The minimum Gasteiger partial charge on any atom is -0.315 e. The molecule has 3 nitrogen and oxygen atoms in total. The highest BCUT2D eigenvalue weighted by Crippen LogP contribution is 2.33. The molecule has 0 spiro atoms. The van der Waals surface area contributed by atoms with Crippen LogP contribution in [0.4, 0.5) is 0 Å². The van der Waals surface area contributed by atoms with Crippen LogP contribution >= 0.6 is 11.3 Å². The molecule has 1 N–H and O–H groups in total. The average Bonchev–Trinajstić information content (AvgIpc) is 2.75. The summed E-state index contributed by atoms with van der Waals surface area (Å²) >= 11 is 1.73. The van der Waals surface area contributed by atoms with Crippen molar-refractivity contribution in [2.24, 2.45) is 0 Å². The summed E-state index contributed by atoms with van der Waals surface area (Å²) < 4.78 is 0. The zero-order valence-electron chi connectivity index (χ0n) is 11.3. The highest BCUT2D eigenvalue weighted by molar-refractivity contribution is 7.15. The molecule has 0 saturated carbocycles. The summed E-state index contributed by atoms with van der Waals surface area (Å²) in [6.07, 6.45) is 1.81. The first-order chi connectivity index (χ1) is 8.52. The van der Waals surface area contributed by atoms with Crippen molar-refractivity contribution >= 4 is 11.3 Å². The summed E-state index contributed by atoms with van der Waals surface area (Å²) in [6, 6.07) is 5.93. The maximum atomic E-state index is 4.79. The zero-order valence-corrected chi connectivity index (χ0v) is 12.1. The Bertz CT molecular complexity index is 512. The van der Waals surface area contributed by atoms with E-state index in [4.69, 9.17) is 4.98 Å². The van der Waals surface area contributed by atoms with Crippen molar-refractivity contribution in [2.75, 3.05) is 7.05 Å². The maximum Gasteiger partial charge on any atom is 0.142 e. The summed E-state index contributed by atoms with van der Waals surface area (Å²) in [7, 11) is 1.96. The van der Waals surface area contributed by atoms with Crippen molar-refractivity contribution in [1.82, 2.24) is 15.3 Å².